The first-order chi connectivity index (χ1) is 26.8. The largest absolute Gasteiger partial charge is 0.233 e. The first-order valence-corrected chi connectivity index (χ1v) is 19.1. The van der Waals surface area contributed by atoms with Crippen LogP contribution in [0.1, 0.15) is 63.9 Å². The Labute approximate surface area is 327 Å². The molecule has 0 aromatic heterocycles. The van der Waals surface area contributed by atoms with Gasteiger partial charge in [-0.25, -0.2) is 9.98 Å². The summed E-state index contributed by atoms with van der Waals surface area (Å²) in [4.78, 5) is 9.81. The topological polar surface area (TPSA) is 24.7 Å². The van der Waals surface area contributed by atoms with Crippen molar-refractivity contribution in [1.82, 2.24) is 0 Å². The van der Waals surface area contributed by atoms with Crippen molar-refractivity contribution in [3.8, 4) is 22.3 Å². The number of aliphatic imine (C=N–C) groups is 2. The number of amidine groups is 1. The molecule has 55 heavy (non-hydrogen) atoms. The lowest BCUT2D eigenvalue weighted by molar-refractivity contribution is 1.22. The highest BCUT2D eigenvalue weighted by Crippen LogP contribution is 2.42. The van der Waals surface area contributed by atoms with Gasteiger partial charge in [-0.05, 0) is 126 Å². The molecule has 0 amide bonds. The van der Waals surface area contributed by atoms with Gasteiger partial charge in [-0.3, -0.25) is 0 Å². The van der Waals surface area contributed by atoms with Crippen LogP contribution < -0.4 is 0 Å². The number of benzene rings is 6. The highest BCUT2D eigenvalue weighted by Gasteiger charge is 2.22. The summed E-state index contributed by atoms with van der Waals surface area (Å²) in [5, 5.41) is 0. The standard InChI is InChI=1S/C32H30N2.C21H18/c1-5-6-13-28-22-29-19-18-23(2)20-30(29)31(28)21-24(3)33-32(27-16-11-8-12-17-27)34-25(4)26-14-9-7-10-15-26;1-14-7-3-5-9-17(14)18-11-12-20-19-10-6-4-8-16(19)13-21(20)15(18)2/h5-21H,3,22H2,1-2,4H3;3-12H,13H2,1-2H3/b6-5-,28-13-,31-21?,33-32?,34-25?;. The van der Waals surface area contributed by atoms with Gasteiger partial charge < -0.3 is 0 Å². The molecule has 6 aromatic carbocycles. The van der Waals surface area contributed by atoms with Crippen molar-refractivity contribution in [3.63, 3.8) is 0 Å². The minimum absolute atomic E-state index is 0.658. The molecule has 0 spiro atoms. The van der Waals surface area contributed by atoms with E-state index in [1.807, 2.05) is 62.4 Å². The van der Waals surface area contributed by atoms with Crippen LogP contribution in [-0.2, 0) is 12.8 Å². The van der Waals surface area contributed by atoms with E-state index in [-0.39, 0.29) is 0 Å². The second-order valence-corrected chi connectivity index (χ2v) is 14.4. The second kappa shape index (κ2) is 16.7. The van der Waals surface area contributed by atoms with E-state index in [0.29, 0.717) is 11.5 Å². The monoisotopic (exact) mass is 712 g/mol. The van der Waals surface area contributed by atoms with E-state index in [2.05, 4.69) is 143 Å². The first kappa shape index (κ1) is 37.0. The van der Waals surface area contributed by atoms with Crippen molar-refractivity contribution in [3.05, 3.63) is 232 Å². The average molecular weight is 713 g/mol. The van der Waals surface area contributed by atoms with Crippen LogP contribution in [0.15, 0.2) is 192 Å². The molecule has 2 nitrogen and oxygen atoms in total. The normalized spacial score (nSPS) is 14.8. The Bertz CT molecular complexity index is 2520. The molecule has 0 saturated heterocycles. The summed E-state index contributed by atoms with van der Waals surface area (Å²) < 4.78 is 0. The molecule has 2 aliphatic rings. The molecule has 0 heterocycles. The zero-order chi connectivity index (χ0) is 38.3. The lowest BCUT2D eigenvalue weighted by atomic mass is 9.91. The van der Waals surface area contributed by atoms with E-state index in [9.17, 15) is 0 Å². The van der Waals surface area contributed by atoms with Crippen molar-refractivity contribution >= 4 is 17.1 Å². The summed E-state index contributed by atoms with van der Waals surface area (Å²) in [5.41, 5.74) is 21.2. The van der Waals surface area contributed by atoms with Gasteiger partial charge in [0.2, 0.25) is 0 Å². The molecule has 0 aliphatic heterocycles. The van der Waals surface area contributed by atoms with Crippen molar-refractivity contribution in [2.75, 3.05) is 0 Å². The summed E-state index contributed by atoms with van der Waals surface area (Å²) in [6.07, 6.45) is 10.4. The molecule has 0 atom stereocenters. The molecule has 2 aliphatic carbocycles. The van der Waals surface area contributed by atoms with Gasteiger partial charge in [0.25, 0.3) is 0 Å². The summed E-state index contributed by atoms with van der Waals surface area (Å²) in [5.74, 6) is 0.658. The predicted molar refractivity (Wildman–Crippen MR) is 236 cm³/mol. The Morgan fingerprint density at radius 3 is 1.96 bits per heavy atom. The zero-order valence-corrected chi connectivity index (χ0v) is 32.6. The summed E-state index contributed by atoms with van der Waals surface area (Å²) in [7, 11) is 0. The highest BCUT2D eigenvalue weighted by molar-refractivity contribution is 6.11. The van der Waals surface area contributed by atoms with Crippen LogP contribution in [0.5, 0.6) is 0 Å². The van der Waals surface area contributed by atoms with E-state index in [0.717, 1.165) is 29.7 Å². The Morgan fingerprint density at radius 2 is 1.24 bits per heavy atom. The number of hydrogen-bond acceptors (Lipinski definition) is 1. The van der Waals surface area contributed by atoms with Crippen LogP contribution in [0.4, 0.5) is 0 Å². The molecule has 0 fully saturated rings. The van der Waals surface area contributed by atoms with E-state index in [1.54, 1.807) is 0 Å². The average Bonchev–Trinajstić information content (AvgIpc) is 3.76. The third-order valence-electron chi connectivity index (χ3n) is 10.5. The Morgan fingerprint density at radius 1 is 0.600 bits per heavy atom. The molecular weight excluding hydrogens is 665 g/mol. The van der Waals surface area contributed by atoms with E-state index in [4.69, 9.17) is 9.98 Å². The van der Waals surface area contributed by atoms with Crippen molar-refractivity contribution < 1.29 is 0 Å². The molecule has 0 N–H and O–H groups in total. The second-order valence-electron chi connectivity index (χ2n) is 14.4. The molecule has 8 rings (SSSR count). The molecule has 6 aromatic rings. The van der Waals surface area contributed by atoms with Gasteiger partial charge in [0, 0.05) is 11.3 Å². The van der Waals surface area contributed by atoms with Gasteiger partial charge in [0.1, 0.15) is 0 Å². The van der Waals surface area contributed by atoms with Crippen LogP contribution >= 0.6 is 0 Å². The first-order valence-electron chi connectivity index (χ1n) is 19.1. The fraction of sp³-hybridized carbons (Fsp3) is 0.132. The molecule has 2 heteroatoms. The number of allylic oxidation sites excluding steroid dienone is 6. The highest BCUT2D eigenvalue weighted by atomic mass is 14.9. The lowest BCUT2D eigenvalue weighted by Gasteiger charge is -2.13. The van der Waals surface area contributed by atoms with Crippen LogP contribution in [0.3, 0.4) is 0 Å². The van der Waals surface area contributed by atoms with Gasteiger partial charge in [-0.1, -0.05) is 170 Å². The Kier molecular flexibility index (Phi) is 11.3. The van der Waals surface area contributed by atoms with Gasteiger partial charge in [-0.15, -0.1) is 0 Å². The minimum Gasteiger partial charge on any atom is -0.233 e. The molecule has 270 valence electrons. The fourth-order valence-corrected chi connectivity index (χ4v) is 7.61. The summed E-state index contributed by atoms with van der Waals surface area (Å²) >= 11 is 0. The quantitative estimate of drug-likeness (QED) is 0.121. The third-order valence-corrected chi connectivity index (χ3v) is 10.5. The number of fused-ring (bicyclic) bond motifs is 4. The fourth-order valence-electron chi connectivity index (χ4n) is 7.61. The van der Waals surface area contributed by atoms with Crippen molar-refractivity contribution in [1.29, 1.82) is 0 Å². The van der Waals surface area contributed by atoms with Gasteiger partial charge in [0.05, 0.1) is 5.70 Å². The van der Waals surface area contributed by atoms with Gasteiger partial charge in [0.15, 0.2) is 5.84 Å². The Hall–Kier alpha value is -6.38. The molecule has 0 unspecified atom stereocenters. The maximum Gasteiger partial charge on any atom is 0.159 e. The third kappa shape index (κ3) is 8.25. The molecule has 0 radical (unpaired) electrons. The smallest absolute Gasteiger partial charge is 0.159 e. The van der Waals surface area contributed by atoms with E-state index < -0.39 is 0 Å². The van der Waals surface area contributed by atoms with Gasteiger partial charge >= 0.3 is 0 Å². The van der Waals surface area contributed by atoms with Crippen LogP contribution in [-0.4, -0.2) is 11.5 Å². The lowest BCUT2D eigenvalue weighted by Crippen LogP contribution is -2.04. The van der Waals surface area contributed by atoms with E-state index >= 15 is 0 Å². The Balaban J connectivity index is 0.000000188. The summed E-state index contributed by atoms with van der Waals surface area (Å²) in [6.45, 7) is 14.9. The van der Waals surface area contributed by atoms with Crippen LogP contribution in [0.25, 0.3) is 27.8 Å². The molecular formula is C53H48N2. The van der Waals surface area contributed by atoms with Crippen molar-refractivity contribution in [2.24, 2.45) is 9.98 Å². The zero-order valence-electron chi connectivity index (χ0n) is 32.6. The number of nitrogens with zero attached hydrogens (tertiary/aromatic N) is 2. The van der Waals surface area contributed by atoms with Crippen LogP contribution in [0, 0.1) is 20.8 Å². The van der Waals surface area contributed by atoms with Gasteiger partial charge in [-0.2, -0.15) is 0 Å². The predicted octanol–water partition coefficient (Wildman–Crippen LogP) is 13.4. The maximum absolute atomic E-state index is 4.91. The minimum atomic E-state index is 0.658. The maximum atomic E-state index is 4.91. The van der Waals surface area contributed by atoms with Crippen LogP contribution in [0.2, 0.25) is 0 Å². The number of aryl methyl sites for hydroxylation is 2. The molecule has 0 saturated carbocycles. The summed E-state index contributed by atoms with van der Waals surface area (Å²) in [6, 6.07) is 49.0. The molecule has 0 bridgehead atoms. The van der Waals surface area contributed by atoms with Crippen molar-refractivity contribution in [2.45, 2.75) is 47.5 Å². The number of rotatable bonds is 6. The number of hydrogen-bond donors (Lipinski definition) is 0. The van der Waals surface area contributed by atoms with E-state index in [1.165, 1.54) is 72.3 Å². The SMILES string of the molecule is C=C(C=C1/C(=C\C=C/C)Cc2ccc(C)cc21)N=C(N=C(C)c1ccccc1)c1ccccc1.Cc1ccccc1-c1ccc2c(c1C)Cc1ccccc1-2.